The van der Waals surface area contributed by atoms with Crippen molar-refractivity contribution in [2.24, 2.45) is 0 Å². The molecule has 1 aromatic carbocycles. The summed E-state index contributed by atoms with van der Waals surface area (Å²) in [6.07, 6.45) is 2.53. The molecule has 0 spiro atoms. The van der Waals surface area contributed by atoms with Gasteiger partial charge in [0.1, 0.15) is 5.75 Å². The standard InChI is InChI=1S/C17H26BNO3/c1-16(2)17(3,4)22-18(21-16)14-9-8-13(12-15(14)20-5)19-10-6-7-11-19/h8-9,12H,6-7,10-11H2,1-5H3. The first-order chi connectivity index (χ1) is 10.3. The molecule has 0 N–H and O–H groups in total. The average Bonchev–Trinajstić information content (AvgIpc) is 3.05. The van der Waals surface area contributed by atoms with Gasteiger partial charge in [-0.05, 0) is 46.6 Å². The second-order valence-electron chi connectivity index (χ2n) is 7.21. The Morgan fingerprint density at radius 1 is 1.05 bits per heavy atom. The van der Waals surface area contributed by atoms with E-state index in [2.05, 4.69) is 50.8 Å². The van der Waals surface area contributed by atoms with Crippen molar-refractivity contribution in [3.05, 3.63) is 18.2 Å². The maximum absolute atomic E-state index is 6.14. The van der Waals surface area contributed by atoms with Gasteiger partial charge in [0.2, 0.25) is 0 Å². The van der Waals surface area contributed by atoms with Gasteiger partial charge in [0, 0.05) is 30.3 Å². The van der Waals surface area contributed by atoms with Crippen LogP contribution in [0.25, 0.3) is 0 Å². The van der Waals surface area contributed by atoms with Crippen LogP contribution in [-0.4, -0.2) is 38.5 Å². The first-order valence-corrected chi connectivity index (χ1v) is 8.12. The van der Waals surface area contributed by atoms with E-state index in [1.807, 2.05) is 0 Å². The van der Waals surface area contributed by atoms with E-state index >= 15 is 0 Å². The number of hydrogen-bond acceptors (Lipinski definition) is 4. The summed E-state index contributed by atoms with van der Waals surface area (Å²) < 4.78 is 17.9. The lowest BCUT2D eigenvalue weighted by atomic mass is 9.78. The van der Waals surface area contributed by atoms with Gasteiger partial charge in [-0.1, -0.05) is 6.07 Å². The van der Waals surface area contributed by atoms with Crippen LogP contribution in [0.2, 0.25) is 0 Å². The molecule has 5 heteroatoms. The summed E-state index contributed by atoms with van der Waals surface area (Å²) in [6.45, 7) is 10.5. The Kier molecular flexibility index (Phi) is 3.90. The van der Waals surface area contributed by atoms with Crippen molar-refractivity contribution in [1.82, 2.24) is 0 Å². The minimum Gasteiger partial charge on any atom is -0.497 e. The highest BCUT2D eigenvalue weighted by atomic mass is 16.7. The molecule has 2 fully saturated rings. The molecule has 0 amide bonds. The van der Waals surface area contributed by atoms with Crippen LogP contribution in [-0.2, 0) is 9.31 Å². The van der Waals surface area contributed by atoms with Gasteiger partial charge in [0.15, 0.2) is 0 Å². The summed E-state index contributed by atoms with van der Waals surface area (Å²) in [5.41, 5.74) is 1.51. The SMILES string of the molecule is COc1cc(N2CCCC2)ccc1B1OC(C)(C)C(C)(C)O1. The van der Waals surface area contributed by atoms with Gasteiger partial charge in [0.05, 0.1) is 18.3 Å². The van der Waals surface area contributed by atoms with Crippen molar-refractivity contribution in [2.45, 2.75) is 51.7 Å². The molecular formula is C17H26BNO3. The minimum atomic E-state index is -0.382. The van der Waals surface area contributed by atoms with E-state index in [0.717, 1.165) is 24.3 Å². The number of rotatable bonds is 3. The minimum absolute atomic E-state index is 0.337. The smallest absolute Gasteiger partial charge is 0.497 e. The number of methoxy groups -OCH3 is 1. The van der Waals surface area contributed by atoms with Crippen molar-refractivity contribution in [1.29, 1.82) is 0 Å². The summed E-state index contributed by atoms with van der Waals surface area (Å²) >= 11 is 0. The molecule has 2 aliphatic rings. The Labute approximate surface area is 133 Å². The van der Waals surface area contributed by atoms with Crippen molar-refractivity contribution in [3.63, 3.8) is 0 Å². The molecule has 2 heterocycles. The lowest BCUT2D eigenvalue weighted by Gasteiger charge is -2.32. The van der Waals surface area contributed by atoms with E-state index in [1.165, 1.54) is 18.5 Å². The van der Waals surface area contributed by atoms with Gasteiger partial charge in [-0.3, -0.25) is 0 Å². The maximum atomic E-state index is 6.14. The first-order valence-electron chi connectivity index (χ1n) is 8.12. The highest BCUT2D eigenvalue weighted by Gasteiger charge is 2.52. The fourth-order valence-electron chi connectivity index (χ4n) is 3.04. The number of nitrogens with zero attached hydrogens (tertiary/aromatic N) is 1. The predicted molar refractivity (Wildman–Crippen MR) is 90.2 cm³/mol. The van der Waals surface area contributed by atoms with E-state index in [4.69, 9.17) is 14.0 Å². The van der Waals surface area contributed by atoms with Gasteiger partial charge >= 0.3 is 7.12 Å². The van der Waals surface area contributed by atoms with E-state index in [1.54, 1.807) is 7.11 Å². The van der Waals surface area contributed by atoms with Gasteiger partial charge < -0.3 is 18.9 Å². The first kappa shape index (κ1) is 15.7. The zero-order chi connectivity index (χ0) is 16.0. The molecule has 0 saturated carbocycles. The topological polar surface area (TPSA) is 30.9 Å². The number of anilines is 1. The second kappa shape index (κ2) is 5.46. The van der Waals surface area contributed by atoms with E-state index < -0.39 is 0 Å². The third kappa shape index (κ3) is 2.61. The van der Waals surface area contributed by atoms with Crippen molar-refractivity contribution in [2.75, 3.05) is 25.1 Å². The zero-order valence-corrected chi connectivity index (χ0v) is 14.3. The molecule has 4 nitrogen and oxygen atoms in total. The molecule has 2 saturated heterocycles. The molecule has 3 rings (SSSR count). The Morgan fingerprint density at radius 2 is 1.64 bits per heavy atom. The summed E-state index contributed by atoms with van der Waals surface area (Å²) in [5, 5.41) is 0. The van der Waals surface area contributed by atoms with Crippen LogP contribution >= 0.6 is 0 Å². The van der Waals surface area contributed by atoms with E-state index in [-0.39, 0.29) is 18.3 Å². The van der Waals surface area contributed by atoms with Gasteiger partial charge in [0.25, 0.3) is 0 Å². The molecule has 0 aromatic heterocycles. The number of hydrogen-bond donors (Lipinski definition) is 0. The van der Waals surface area contributed by atoms with E-state index in [0.29, 0.717) is 0 Å². The molecular weight excluding hydrogens is 277 g/mol. The fourth-order valence-corrected chi connectivity index (χ4v) is 3.04. The van der Waals surface area contributed by atoms with Crippen LogP contribution in [0.15, 0.2) is 18.2 Å². The molecule has 0 atom stereocenters. The fraction of sp³-hybridized carbons (Fsp3) is 0.647. The van der Waals surface area contributed by atoms with Crippen LogP contribution < -0.4 is 15.1 Å². The predicted octanol–water partition coefficient (Wildman–Crippen LogP) is 2.59. The van der Waals surface area contributed by atoms with Crippen LogP contribution in [0.4, 0.5) is 5.69 Å². The third-order valence-electron chi connectivity index (χ3n) is 5.20. The molecule has 0 bridgehead atoms. The molecule has 22 heavy (non-hydrogen) atoms. The second-order valence-corrected chi connectivity index (χ2v) is 7.21. The van der Waals surface area contributed by atoms with Crippen LogP contribution in [0, 0.1) is 0 Å². The summed E-state index contributed by atoms with van der Waals surface area (Å²) in [6, 6.07) is 6.33. The molecule has 0 radical (unpaired) electrons. The molecule has 1 aromatic rings. The molecule has 0 unspecified atom stereocenters. The lowest BCUT2D eigenvalue weighted by molar-refractivity contribution is 0.00578. The Morgan fingerprint density at radius 3 is 2.18 bits per heavy atom. The molecule has 2 aliphatic heterocycles. The Hall–Kier alpha value is -1.20. The van der Waals surface area contributed by atoms with Crippen LogP contribution in [0.3, 0.4) is 0 Å². The highest BCUT2D eigenvalue weighted by molar-refractivity contribution is 6.63. The molecule has 0 aliphatic carbocycles. The Balaban J connectivity index is 1.88. The summed E-state index contributed by atoms with van der Waals surface area (Å²) in [4.78, 5) is 2.40. The third-order valence-corrected chi connectivity index (χ3v) is 5.20. The zero-order valence-electron chi connectivity index (χ0n) is 14.3. The van der Waals surface area contributed by atoms with E-state index in [9.17, 15) is 0 Å². The van der Waals surface area contributed by atoms with Crippen LogP contribution in [0.1, 0.15) is 40.5 Å². The largest absolute Gasteiger partial charge is 0.498 e. The summed E-state index contributed by atoms with van der Waals surface area (Å²) in [5.74, 6) is 0.836. The number of benzene rings is 1. The quantitative estimate of drug-likeness (QED) is 0.803. The lowest BCUT2D eigenvalue weighted by Crippen LogP contribution is -2.41. The highest BCUT2D eigenvalue weighted by Crippen LogP contribution is 2.37. The molecule has 120 valence electrons. The normalized spacial score (nSPS) is 23.1. The summed E-state index contributed by atoms with van der Waals surface area (Å²) in [7, 11) is 1.32. The average molecular weight is 303 g/mol. The van der Waals surface area contributed by atoms with Gasteiger partial charge in [-0.25, -0.2) is 0 Å². The van der Waals surface area contributed by atoms with Crippen molar-refractivity contribution >= 4 is 18.3 Å². The van der Waals surface area contributed by atoms with Crippen LogP contribution in [0.5, 0.6) is 5.75 Å². The monoisotopic (exact) mass is 303 g/mol. The Bertz CT molecular complexity index is 537. The van der Waals surface area contributed by atoms with Gasteiger partial charge in [-0.2, -0.15) is 0 Å². The van der Waals surface area contributed by atoms with Gasteiger partial charge in [-0.15, -0.1) is 0 Å². The maximum Gasteiger partial charge on any atom is 0.498 e. The van der Waals surface area contributed by atoms with Crippen molar-refractivity contribution in [3.8, 4) is 5.75 Å². The van der Waals surface area contributed by atoms with Crippen molar-refractivity contribution < 1.29 is 14.0 Å². The number of ether oxygens (including phenoxy) is 1.